The maximum absolute atomic E-state index is 10.6. The monoisotopic (exact) mass is 558 g/mol. The summed E-state index contributed by atoms with van der Waals surface area (Å²) in [5.74, 6) is 0.813. The summed E-state index contributed by atoms with van der Waals surface area (Å²) < 4.78 is 2.02. The van der Waals surface area contributed by atoms with Gasteiger partial charge in [0.15, 0.2) is 0 Å². The molecule has 4 aromatic carbocycles. The smallest absolute Gasteiger partial charge is 0.144 e. The average molecular weight is 559 g/mol. The van der Waals surface area contributed by atoms with Crippen LogP contribution in [0.3, 0.4) is 0 Å². The van der Waals surface area contributed by atoms with Gasteiger partial charge < -0.3 is 9.67 Å². The molecule has 1 N–H and O–H groups in total. The lowest BCUT2D eigenvalue weighted by atomic mass is 9.96. The maximum Gasteiger partial charge on any atom is 0.144 e. The van der Waals surface area contributed by atoms with Crippen LogP contribution in [0.1, 0.15) is 11.3 Å². The molecule has 3 heterocycles. The normalized spacial score (nSPS) is 11.2. The Morgan fingerprint density at radius 1 is 0.581 bits per heavy atom. The van der Waals surface area contributed by atoms with E-state index in [9.17, 15) is 5.11 Å². The van der Waals surface area contributed by atoms with Crippen molar-refractivity contribution in [2.45, 2.75) is 13.8 Å². The number of aryl methyl sites for hydroxylation is 3. The van der Waals surface area contributed by atoms with Crippen LogP contribution in [0, 0.1) is 13.8 Å². The van der Waals surface area contributed by atoms with Crippen molar-refractivity contribution in [3.63, 3.8) is 0 Å². The number of pyridine rings is 2. The summed E-state index contributed by atoms with van der Waals surface area (Å²) in [6, 6.07) is 37.9. The molecule has 0 atom stereocenters. The topological polar surface area (TPSA) is 63.8 Å². The Balaban J connectivity index is 1.27. The molecule has 0 aliphatic carbocycles. The zero-order valence-electron chi connectivity index (χ0n) is 24.3. The van der Waals surface area contributed by atoms with Crippen molar-refractivity contribution in [3.8, 4) is 61.8 Å². The molecule has 0 aliphatic heterocycles. The van der Waals surface area contributed by atoms with Crippen LogP contribution in [0.4, 0.5) is 0 Å². The Morgan fingerprint density at radius 3 is 2.09 bits per heavy atom. The summed E-state index contributed by atoms with van der Waals surface area (Å²) in [7, 11) is 1.98. The fraction of sp³-hybridized carbons (Fsp3) is 0.0789. The fourth-order valence-electron chi connectivity index (χ4n) is 5.73. The first-order valence-corrected chi connectivity index (χ1v) is 14.3. The van der Waals surface area contributed by atoms with E-state index in [-0.39, 0.29) is 5.75 Å². The number of hydrogen-bond acceptors (Lipinski definition) is 4. The van der Waals surface area contributed by atoms with Crippen LogP contribution < -0.4 is 0 Å². The number of rotatable bonds is 5. The Hall–Kier alpha value is -5.55. The molecule has 208 valence electrons. The highest BCUT2D eigenvalue weighted by Gasteiger charge is 2.17. The van der Waals surface area contributed by atoms with Gasteiger partial charge in [0.05, 0.1) is 28.5 Å². The number of para-hydroxylation sites is 1. The Kier molecular flexibility index (Phi) is 6.55. The molecule has 0 unspecified atom stereocenters. The van der Waals surface area contributed by atoms with Crippen LogP contribution in [-0.2, 0) is 7.05 Å². The van der Waals surface area contributed by atoms with Gasteiger partial charge in [-0.1, -0.05) is 84.9 Å². The lowest BCUT2D eigenvalue weighted by Crippen LogP contribution is -1.94. The predicted molar refractivity (Wildman–Crippen MR) is 175 cm³/mol. The molecule has 0 saturated heterocycles. The van der Waals surface area contributed by atoms with E-state index in [0.29, 0.717) is 11.4 Å². The predicted octanol–water partition coefficient (Wildman–Crippen LogP) is 9.02. The van der Waals surface area contributed by atoms with E-state index < -0.39 is 0 Å². The number of hydrogen-bond donors (Lipinski definition) is 1. The van der Waals surface area contributed by atoms with Crippen molar-refractivity contribution in [3.05, 3.63) is 133 Å². The molecule has 0 bridgehead atoms. The van der Waals surface area contributed by atoms with Crippen LogP contribution in [0.5, 0.6) is 5.75 Å². The van der Waals surface area contributed by atoms with Crippen molar-refractivity contribution in [1.82, 2.24) is 19.5 Å². The zero-order valence-corrected chi connectivity index (χ0v) is 24.3. The summed E-state index contributed by atoms with van der Waals surface area (Å²) >= 11 is 0. The van der Waals surface area contributed by atoms with E-state index in [0.717, 1.165) is 50.2 Å². The third-order valence-corrected chi connectivity index (χ3v) is 8.05. The summed E-state index contributed by atoms with van der Waals surface area (Å²) in [5.41, 5.74) is 13.3. The lowest BCUT2D eigenvalue weighted by molar-refractivity contribution is 0.473. The molecule has 7 aromatic rings. The number of imidazole rings is 1. The van der Waals surface area contributed by atoms with Gasteiger partial charge >= 0.3 is 0 Å². The van der Waals surface area contributed by atoms with E-state index >= 15 is 0 Å². The molecule has 43 heavy (non-hydrogen) atoms. The first kappa shape index (κ1) is 26.4. The van der Waals surface area contributed by atoms with Gasteiger partial charge in [-0.25, -0.2) is 4.98 Å². The maximum atomic E-state index is 10.6. The quantitative estimate of drug-likeness (QED) is 0.229. The van der Waals surface area contributed by atoms with E-state index in [1.165, 1.54) is 22.9 Å². The SMILES string of the molecule is Cc1cc(-c2nc3c(-c4cccc(-c5cc(-c6ccc(-c7ccccc7)cc6)c(C)cn5)c4)cccc3n2C)c(O)cn1. The van der Waals surface area contributed by atoms with Crippen molar-refractivity contribution in [1.29, 1.82) is 0 Å². The van der Waals surface area contributed by atoms with Crippen LogP contribution in [0.25, 0.3) is 67.1 Å². The van der Waals surface area contributed by atoms with Gasteiger partial charge in [0.25, 0.3) is 0 Å². The van der Waals surface area contributed by atoms with E-state index in [1.807, 2.05) is 36.9 Å². The van der Waals surface area contributed by atoms with Crippen molar-refractivity contribution in [2.24, 2.45) is 7.05 Å². The molecule has 0 saturated carbocycles. The molecule has 3 aromatic heterocycles. The minimum atomic E-state index is 0.114. The van der Waals surface area contributed by atoms with E-state index in [4.69, 9.17) is 9.97 Å². The van der Waals surface area contributed by atoms with Gasteiger partial charge in [-0.2, -0.15) is 0 Å². The summed E-state index contributed by atoms with van der Waals surface area (Å²) in [5, 5.41) is 10.6. The number of aromatic hydroxyl groups is 1. The van der Waals surface area contributed by atoms with Crippen LogP contribution in [0.15, 0.2) is 122 Å². The molecule has 7 rings (SSSR count). The molecular weight excluding hydrogens is 528 g/mol. The highest BCUT2D eigenvalue weighted by Crippen LogP contribution is 2.36. The zero-order chi connectivity index (χ0) is 29.5. The first-order valence-electron chi connectivity index (χ1n) is 14.3. The molecule has 0 aliphatic rings. The molecule has 0 radical (unpaired) electrons. The van der Waals surface area contributed by atoms with Gasteiger partial charge in [0, 0.05) is 30.1 Å². The van der Waals surface area contributed by atoms with Gasteiger partial charge in [0.2, 0.25) is 0 Å². The molecule has 0 amide bonds. The number of benzene rings is 4. The molecule has 5 nitrogen and oxygen atoms in total. The third-order valence-electron chi connectivity index (χ3n) is 8.05. The summed E-state index contributed by atoms with van der Waals surface area (Å²) in [4.78, 5) is 14.0. The summed E-state index contributed by atoms with van der Waals surface area (Å²) in [6.07, 6.45) is 3.44. The van der Waals surface area contributed by atoms with E-state index in [1.54, 1.807) is 0 Å². The first-order chi connectivity index (χ1) is 21.0. The minimum Gasteiger partial charge on any atom is -0.506 e. The van der Waals surface area contributed by atoms with Crippen molar-refractivity contribution >= 4 is 11.0 Å². The number of aromatic nitrogens is 4. The highest BCUT2D eigenvalue weighted by molar-refractivity contribution is 5.95. The second-order valence-electron chi connectivity index (χ2n) is 10.9. The highest BCUT2D eigenvalue weighted by atomic mass is 16.3. The number of fused-ring (bicyclic) bond motifs is 1. The summed E-state index contributed by atoms with van der Waals surface area (Å²) in [6.45, 7) is 4.02. The standard InChI is InChI=1S/C38H30N4O/c1-24-22-40-34(21-32(24)28-17-15-27(16-18-28)26-9-5-4-6-10-26)30-12-7-11-29(20-30)31-13-8-14-35-37(31)41-38(42(35)3)33-19-25(2)39-23-36(33)43/h4-23,43H,1-3H3. The second-order valence-corrected chi connectivity index (χ2v) is 10.9. The molecular formula is C38H30N4O. The van der Waals surface area contributed by atoms with Gasteiger partial charge in [-0.15, -0.1) is 0 Å². The average Bonchev–Trinajstić information content (AvgIpc) is 3.39. The van der Waals surface area contributed by atoms with Crippen LogP contribution >= 0.6 is 0 Å². The Morgan fingerprint density at radius 2 is 1.28 bits per heavy atom. The van der Waals surface area contributed by atoms with Gasteiger partial charge in [0.1, 0.15) is 11.6 Å². The third kappa shape index (κ3) is 4.85. The largest absolute Gasteiger partial charge is 0.506 e. The van der Waals surface area contributed by atoms with Crippen molar-refractivity contribution < 1.29 is 5.11 Å². The fourth-order valence-corrected chi connectivity index (χ4v) is 5.73. The lowest BCUT2D eigenvalue weighted by Gasteiger charge is -2.11. The number of nitrogens with zero attached hydrogens (tertiary/aromatic N) is 4. The molecule has 5 heteroatoms. The molecule has 0 fully saturated rings. The minimum absolute atomic E-state index is 0.114. The van der Waals surface area contributed by atoms with Gasteiger partial charge in [-0.3, -0.25) is 9.97 Å². The van der Waals surface area contributed by atoms with Crippen molar-refractivity contribution in [2.75, 3.05) is 0 Å². The van der Waals surface area contributed by atoms with Crippen LogP contribution in [0.2, 0.25) is 0 Å². The molecule has 0 spiro atoms. The van der Waals surface area contributed by atoms with E-state index in [2.05, 4.69) is 109 Å². The Labute approximate surface area is 250 Å². The van der Waals surface area contributed by atoms with Gasteiger partial charge in [-0.05, 0) is 71.5 Å². The second kappa shape index (κ2) is 10.7. The Bertz CT molecular complexity index is 2110. The van der Waals surface area contributed by atoms with Crippen LogP contribution in [-0.4, -0.2) is 24.6 Å².